The Labute approximate surface area is 71.2 Å². The Balaban J connectivity index is 0. The molecule has 0 aromatic heterocycles. The minimum absolute atomic E-state index is 0. The molecular formula is C6H17LiOSi. The van der Waals surface area contributed by atoms with Crippen LogP contribution in [0, 0.1) is 0 Å². The van der Waals surface area contributed by atoms with E-state index in [0.29, 0.717) is 0 Å². The van der Waals surface area contributed by atoms with Gasteiger partial charge in [0.05, 0.1) is 0 Å². The first-order valence-electron chi connectivity index (χ1n) is 3.28. The second-order valence-electron chi connectivity index (χ2n) is 2.92. The zero-order chi connectivity index (χ0) is 6.62. The van der Waals surface area contributed by atoms with Crippen molar-refractivity contribution in [1.29, 1.82) is 0 Å². The predicted octanol–water partition coefficient (Wildman–Crippen LogP) is 1.34. The van der Waals surface area contributed by atoms with Crippen LogP contribution in [0.3, 0.4) is 0 Å². The maximum atomic E-state index is 9.29. The van der Waals surface area contributed by atoms with Gasteiger partial charge in [-0.05, 0) is 19.1 Å². The summed E-state index contributed by atoms with van der Waals surface area (Å²) in [6.07, 6.45) is 2.40. The summed E-state index contributed by atoms with van der Waals surface area (Å²) in [7, 11) is -1.68. The third-order valence-corrected chi connectivity index (χ3v) is 2.72. The molecule has 0 aromatic rings. The summed E-state index contributed by atoms with van der Waals surface area (Å²) < 4.78 is 0. The molecule has 0 aliphatic rings. The summed E-state index contributed by atoms with van der Waals surface area (Å²) in [4.78, 5) is 9.29. The van der Waals surface area contributed by atoms with E-state index < -0.39 is 8.32 Å². The van der Waals surface area contributed by atoms with Crippen LogP contribution < -0.4 is 0 Å². The summed E-state index contributed by atoms with van der Waals surface area (Å²) in [6, 6.07) is 1.06. The fourth-order valence-corrected chi connectivity index (χ4v) is 1.83. The van der Waals surface area contributed by atoms with Crippen molar-refractivity contribution in [2.75, 3.05) is 0 Å². The Kier molecular flexibility index (Phi) is 7.68. The van der Waals surface area contributed by atoms with Crippen LogP contribution in [0.2, 0.25) is 19.1 Å². The van der Waals surface area contributed by atoms with E-state index in [4.69, 9.17) is 0 Å². The van der Waals surface area contributed by atoms with Gasteiger partial charge >= 0.3 is 18.9 Å². The number of unbranched alkanes of at least 4 members (excludes halogenated alkanes) is 1. The Morgan fingerprint density at radius 3 is 1.89 bits per heavy atom. The van der Waals surface area contributed by atoms with Crippen molar-refractivity contribution in [3.05, 3.63) is 0 Å². The number of hydrogen-bond donors (Lipinski definition) is 1. The normalized spacial score (nSPS) is 10.7. The molecule has 0 aliphatic carbocycles. The van der Waals surface area contributed by atoms with E-state index in [-0.39, 0.29) is 18.9 Å². The van der Waals surface area contributed by atoms with Gasteiger partial charge in [-0.2, -0.15) is 0 Å². The van der Waals surface area contributed by atoms with Crippen molar-refractivity contribution in [2.24, 2.45) is 0 Å². The van der Waals surface area contributed by atoms with Gasteiger partial charge < -0.3 is 4.80 Å². The van der Waals surface area contributed by atoms with E-state index in [1.54, 1.807) is 0 Å². The van der Waals surface area contributed by atoms with Crippen molar-refractivity contribution in [3.8, 4) is 0 Å². The molecule has 0 saturated heterocycles. The van der Waals surface area contributed by atoms with Gasteiger partial charge in [0.2, 0.25) is 0 Å². The van der Waals surface area contributed by atoms with Crippen molar-refractivity contribution in [1.82, 2.24) is 0 Å². The molecule has 52 valence electrons. The molecule has 0 heterocycles. The van der Waals surface area contributed by atoms with Crippen LogP contribution in [-0.4, -0.2) is 32.0 Å². The molecule has 1 N–H and O–H groups in total. The average molecular weight is 140 g/mol. The molecule has 0 spiro atoms. The summed E-state index contributed by atoms with van der Waals surface area (Å²) in [5.41, 5.74) is 0. The summed E-state index contributed by atoms with van der Waals surface area (Å²) in [6.45, 7) is 6.13. The number of hydrogen-bond acceptors (Lipinski definition) is 1. The van der Waals surface area contributed by atoms with E-state index in [1.807, 2.05) is 13.1 Å². The Morgan fingerprint density at radius 2 is 1.78 bits per heavy atom. The summed E-state index contributed by atoms with van der Waals surface area (Å²) in [5, 5.41) is 0. The third-order valence-electron chi connectivity index (χ3n) is 1.14. The first-order chi connectivity index (χ1) is 3.56. The topological polar surface area (TPSA) is 20.2 Å². The van der Waals surface area contributed by atoms with E-state index in [0.717, 1.165) is 6.04 Å². The predicted molar refractivity (Wildman–Crippen MR) is 46.6 cm³/mol. The monoisotopic (exact) mass is 140 g/mol. The van der Waals surface area contributed by atoms with Gasteiger partial charge in [-0.1, -0.05) is 19.8 Å². The molecule has 0 atom stereocenters. The molecule has 1 nitrogen and oxygen atoms in total. The molecule has 0 aromatic carbocycles. The molecule has 0 rings (SSSR count). The molecule has 0 unspecified atom stereocenters. The van der Waals surface area contributed by atoms with Crippen LogP contribution >= 0.6 is 0 Å². The van der Waals surface area contributed by atoms with Gasteiger partial charge in [-0.3, -0.25) is 0 Å². The minimum atomic E-state index is -1.68. The average Bonchev–Trinajstić information content (AvgIpc) is 1.59. The maximum absolute atomic E-state index is 9.29. The first kappa shape index (κ1) is 12.5. The van der Waals surface area contributed by atoms with Crippen LogP contribution in [0.5, 0.6) is 0 Å². The van der Waals surface area contributed by atoms with Gasteiger partial charge in [0, 0.05) is 0 Å². The zero-order valence-electron chi connectivity index (χ0n) is 6.07. The van der Waals surface area contributed by atoms with Gasteiger partial charge in [0.25, 0.3) is 0 Å². The Bertz CT molecular complexity index is 60.6. The van der Waals surface area contributed by atoms with E-state index in [2.05, 4.69) is 6.92 Å². The molecule has 0 fully saturated rings. The summed E-state index contributed by atoms with van der Waals surface area (Å²) >= 11 is 0. The fourth-order valence-electron chi connectivity index (χ4n) is 0.609. The van der Waals surface area contributed by atoms with Crippen LogP contribution in [0.25, 0.3) is 0 Å². The van der Waals surface area contributed by atoms with Crippen LogP contribution in [0.4, 0.5) is 0 Å². The molecule has 0 saturated carbocycles. The van der Waals surface area contributed by atoms with Crippen molar-refractivity contribution in [2.45, 2.75) is 38.9 Å². The second-order valence-corrected chi connectivity index (χ2v) is 7.04. The SMILES string of the molecule is CCCC[Si](C)(C)O.[LiH]. The zero-order valence-corrected chi connectivity index (χ0v) is 7.07. The van der Waals surface area contributed by atoms with Gasteiger partial charge in [-0.25, -0.2) is 0 Å². The Morgan fingerprint density at radius 1 is 1.33 bits per heavy atom. The van der Waals surface area contributed by atoms with Crippen LogP contribution in [-0.2, 0) is 0 Å². The summed E-state index contributed by atoms with van der Waals surface area (Å²) in [5.74, 6) is 0. The Hall–Kier alpha value is 0.774. The quantitative estimate of drug-likeness (QED) is 0.586. The van der Waals surface area contributed by atoms with E-state index in [9.17, 15) is 4.80 Å². The molecule has 0 aliphatic heterocycles. The van der Waals surface area contributed by atoms with Gasteiger partial charge in [0.15, 0.2) is 8.32 Å². The molecule has 0 bridgehead atoms. The molecule has 0 amide bonds. The molecule has 0 radical (unpaired) electrons. The van der Waals surface area contributed by atoms with Gasteiger partial charge in [0.1, 0.15) is 0 Å². The van der Waals surface area contributed by atoms with Crippen LogP contribution in [0.1, 0.15) is 19.8 Å². The molecule has 3 heteroatoms. The van der Waals surface area contributed by atoms with Crippen molar-refractivity contribution < 1.29 is 4.80 Å². The molecule has 9 heavy (non-hydrogen) atoms. The fraction of sp³-hybridized carbons (Fsp3) is 1.00. The molecular weight excluding hydrogens is 123 g/mol. The first-order valence-corrected chi connectivity index (χ1v) is 6.44. The van der Waals surface area contributed by atoms with Crippen molar-refractivity contribution in [3.63, 3.8) is 0 Å². The van der Waals surface area contributed by atoms with E-state index >= 15 is 0 Å². The standard InChI is InChI=1S/C6H16OSi.Li.H/c1-4-5-6-8(2,3)7;;/h7H,4-6H2,1-3H3;;. The number of rotatable bonds is 3. The second kappa shape index (κ2) is 5.55. The van der Waals surface area contributed by atoms with Gasteiger partial charge in [-0.15, -0.1) is 0 Å². The van der Waals surface area contributed by atoms with Crippen LogP contribution in [0.15, 0.2) is 0 Å². The van der Waals surface area contributed by atoms with Crippen molar-refractivity contribution >= 4 is 27.2 Å². The third kappa shape index (κ3) is 12.1. The van der Waals surface area contributed by atoms with E-state index in [1.165, 1.54) is 12.8 Å².